The van der Waals surface area contributed by atoms with Crippen LogP contribution in [0.1, 0.15) is 0 Å². The second-order valence-corrected chi connectivity index (χ2v) is 4.77. The van der Waals surface area contributed by atoms with E-state index in [-0.39, 0.29) is 6.21 Å². The smallest absolute Gasteiger partial charge is 0.455 e. The Hall–Kier alpha value is -3.10. The summed E-state index contributed by atoms with van der Waals surface area (Å²) in [6.07, 6.45) is -11.8. The van der Waals surface area contributed by atoms with Gasteiger partial charge in [-0.2, -0.15) is 34.9 Å². The number of non-ortho nitro benzene ring substituents is 1. The summed E-state index contributed by atoms with van der Waals surface area (Å²) in [6.45, 7) is 0. The predicted molar refractivity (Wildman–Crippen MR) is 78.3 cm³/mol. The topological polar surface area (TPSA) is 122 Å². The van der Waals surface area contributed by atoms with Crippen molar-refractivity contribution >= 4 is 40.5 Å². The van der Waals surface area contributed by atoms with Crippen LogP contribution in [0.15, 0.2) is 38.9 Å². The normalized spacial score (nSPS) is 13.3. The number of hydrogen-bond acceptors (Lipinski definition) is 7. The number of rotatable bonds is 5. The van der Waals surface area contributed by atoms with Crippen LogP contribution < -0.4 is 0 Å². The van der Waals surface area contributed by atoms with Crippen LogP contribution in [0.5, 0.6) is 0 Å². The number of nitro benzene ring substituents is 1. The third-order valence-corrected chi connectivity index (χ3v) is 2.94. The molecule has 15 heteroatoms. The van der Waals surface area contributed by atoms with Gasteiger partial charge in [0.25, 0.3) is 11.5 Å². The number of carbonyl (C=O) groups is 1. The van der Waals surface area contributed by atoms with E-state index < -0.39 is 62.9 Å². The van der Waals surface area contributed by atoms with Gasteiger partial charge in [-0.15, -0.1) is 0 Å². The van der Waals surface area contributed by atoms with Gasteiger partial charge in [-0.1, -0.05) is 0 Å². The number of hydrogen-bond donors (Lipinski definition) is 1. The van der Waals surface area contributed by atoms with Gasteiger partial charge in [-0.05, 0) is 6.07 Å². The van der Waals surface area contributed by atoms with Gasteiger partial charge in [0.2, 0.25) is 17.2 Å². The number of aliphatic hydroxyl groups excluding tert-OH is 1. The van der Waals surface area contributed by atoms with Crippen LogP contribution in [-0.4, -0.2) is 38.6 Å². The molecule has 0 aliphatic heterocycles. The maximum absolute atomic E-state index is 12.5. The van der Waals surface area contributed by atoms with Gasteiger partial charge in [0.1, 0.15) is 5.69 Å². The van der Waals surface area contributed by atoms with Crippen molar-refractivity contribution in [2.24, 2.45) is 9.36 Å². The number of halogens is 6. The van der Waals surface area contributed by atoms with Crippen LogP contribution in [0.25, 0.3) is 0 Å². The van der Waals surface area contributed by atoms with Crippen LogP contribution in [0.2, 0.25) is 0 Å². The SMILES string of the molecule is O=S=Nc1ccc([N+](=O)[O-])cc1N=CC(C(=O)C(F)(F)F)=C(O)C(F)(F)F. The zero-order valence-corrected chi connectivity index (χ0v) is 13.2. The number of aliphatic imine (C=N–C) groups is 1. The van der Waals surface area contributed by atoms with E-state index in [1.165, 1.54) is 0 Å². The molecule has 0 saturated carbocycles. The average Bonchev–Trinajstić information content (AvgIpc) is 2.54. The van der Waals surface area contributed by atoms with Crippen LogP contribution in [0, 0.1) is 10.1 Å². The van der Waals surface area contributed by atoms with E-state index in [4.69, 9.17) is 5.11 Å². The summed E-state index contributed by atoms with van der Waals surface area (Å²) < 4.78 is 88.5. The van der Waals surface area contributed by atoms with E-state index in [0.717, 1.165) is 12.1 Å². The van der Waals surface area contributed by atoms with Gasteiger partial charge >= 0.3 is 12.4 Å². The third kappa shape index (κ3) is 5.70. The minimum atomic E-state index is -5.78. The Bertz CT molecular complexity index is 886. The lowest BCUT2D eigenvalue weighted by Gasteiger charge is -2.11. The number of nitro groups is 1. The Balaban J connectivity index is 3.61. The zero-order valence-electron chi connectivity index (χ0n) is 12.4. The quantitative estimate of drug-likeness (QED) is 0.195. The van der Waals surface area contributed by atoms with Gasteiger partial charge in [0, 0.05) is 18.3 Å². The van der Waals surface area contributed by atoms with Crippen LogP contribution in [0.3, 0.4) is 0 Å². The first kappa shape index (κ1) is 21.9. The minimum Gasteiger partial charge on any atom is -0.504 e. The van der Waals surface area contributed by atoms with Crippen molar-refractivity contribution in [1.82, 2.24) is 0 Å². The largest absolute Gasteiger partial charge is 0.504 e. The molecule has 146 valence electrons. The molecule has 0 fully saturated rings. The lowest BCUT2D eigenvalue weighted by Crippen LogP contribution is -2.29. The van der Waals surface area contributed by atoms with Crippen LogP contribution in [-0.2, 0) is 16.3 Å². The number of ketones is 1. The first-order chi connectivity index (χ1) is 12.3. The Morgan fingerprint density at radius 1 is 1.15 bits per heavy atom. The maximum Gasteiger partial charge on any atom is 0.455 e. The molecule has 0 aromatic heterocycles. The van der Waals surface area contributed by atoms with Gasteiger partial charge in [0.05, 0.1) is 16.2 Å². The Morgan fingerprint density at radius 2 is 1.74 bits per heavy atom. The fourth-order valence-corrected chi connectivity index (χ4v) is 1.75. The van der Waals surface area contributed by atoms with Crippen molar-refractivity contribution in [3.63, 3.8) is 0 Å². The molecule has 0 amide bonds. The van der Waals surface area contributed by atoms with Crippen molar-refractivity contribution in [1.29, 1.82) is 0 Å². The van der Waals surface area contributed by atoms with E-state index in [2.05, 4.69) is 9.36 Å². The molecule has 0 radical (unpaired) electrons. The number of carbonyl (C=O) groups excluding carboxylic acids is 1. The molecule has 1 N–H and O–H groups in total. The number of Topliss-reactive ketones (excluding diaryl/α,β-unsaturated/α-hetero) is 1. The second kappa shape index (κ2) is 8.07. The summed E-state index contributed by atoms with van der Waals surface area (Å²) in [5.74, 6) is -5.92. The summed E-state index contributed by atoms with van der Waals surface area (Å²) in [7, 11) is 0. The highest BCUT2D eigenvalue weighted by molar-refractivity contribution is 7.54. The van der Waals surface area contributed by atoms with Crippen molar-refractivity contribution in [2.75, 3.05) is 0 Å². The monoisotopic (exact) mass is 417 g/mol. The van der Waals surface area contributed by atoms with Crippen molar-refractivity contribution in [3.05, 3.63) is 39.6 Å². The van der Waals surface area contributed by atoms with E-state index in [1.807, 2.05) is 0 Å². The molecule has 0 atom stereocenters. The predicted octanol–water partition coefficient (Wildman–Crippen LogP) is 3.83. The molecule has 1 aromatic rings. The number of nitrogens with zero attached hydrogens (tertiary/aromatic N) is 3. The highest BCUT2D eigenvalue weighted by Crippen LogP contribution is 2.33. The highest BCUT2D eigenvalue weighted by Gasteiger charge is 2.46. The van der Waals surface area contributed by atoms with Gasteiger partial charge in [-0.3, -0.25) is 19.9 Å². The summed E-state index contributed by atoms with van der Waals surface area (Å²) in [5.41, 5.74) is -4.04. The van der Waals surface area contributed by atoms with Crippen molar-refractivity contribution in [3.8, 4) is 0 Å². The molecule has 0 saturated heterocycles. The zero-order chi connectivity index (χ0) is 21.0. The number of allylic oxidation sites excluding steroid dienone is 2. The van der Waals surface area contributed by atoms with E-state index in [1.54, 1.807) is 0 Å². The van der Waals surface area contributed by atoms with Gasteiger partial charge in [0.15, 0.2) is 0 Å². The first-order valence-corrected chi connectivity index (χ1v) is 6.93. The molecule has 0 unspecified atom stereocenters. The van der Waals surface area contributed by atoms with Gasteiger partial charge < -0.3 is 5.11 Å². The molecular formula is C12H5F6N3O5S. The van der Waals surface area contributed by atoms with Gasteiger partial charge in [-0.25, -0.2) is 0 Å². The fraction of sp³-hybridized carbons (Fsp3) is 0.167. The Labute approximate surface area is 148 Å². The Kier molecular flexibility index (Phi) is 6.56. The summed E-state index contributed by atoms with van der Waals surface area (Å²) in [4.78, 5) is 24.0. The number of aliphatic hydroxyl groups is 1. The Morgan fingerprint density at radius 3 is 2.19 bits per heavy atom. The van der Waals surface area contributed by atoms with Crippen LogP contribution in [0.4, 0.5) is 43.4 Å². The van der Waals surface area contributed by atoms with Crippen molar-refractivity contribution < 1.29 is 45.4 Å². The summed E-state index contributed by atoms with van der Waals surface area (Å²) in [6, 6.07) is 2.29. The molecule has 0 aliphatic carbocycles. The third-order valence-electron chi connectivity index (χ3n) is 2.66. The molecule has 1 aromatic carbocycles. The van der Waals surface area contributed by atoms with Crippen molar-refractivity contribution in [2.45, 2.75) is 12.4 Å². The van der Waals surface area contributed by atoms with E-state index >= 15 is 0 Å². The van der Waals surface area contributed by atoms with E-state index in [9.17, 15) is 45.5 Å². The summed E-state index contributed by atoms with van der Waals surface area (Å²) >= 11 is -0.419. The van der Waals surface area contributed by atoms with Crippen LogP contribution >= 0.6 is 0 Å². The molecule has 0 bridgehead atoms. The molecule has 0 aliphatic rings. The lowest BCUT2D eigenvalue weighted by molar-refractivity contribution is -0.384. The minimum absolute atomic E-state index is 0.272. The molecule has 8 nitrogen and oxygen atoms in total. The number of benzene rings is 1. The van der Waals surface area contributed by atoms with E-state index in [0.29, 0.717) is 6.07 Å². The number of alkyl halides is 6. The molecule has 27 heavy (non-hydrogen) atoms. The second-order valence-electron chi connectivity index (χ2n) is 4.44. The molecule has 0 heterocycles. The first-order valence-electron chi connectivity index (χ1n) is 6.23. The molecule has 1 rings (SSSR count). The molecule has 0 spiro atoms. The average molecular weight is 417 g/mol. The lowest BCUT2D eigenvalue weighted by atomic mass is 10.1. The summed E-state index contributed by atoms with van der Waals surface area (Å²) in [5, 5.41) is 19.6. The molecular weight excluding hydrogens is 412 g/mol. The fourth-order valence-electron chi connectivity index (χ4n) is 1.51. The highest BCUT2D eigenvalue weighted by atomic mass is 32.1. The maximum atomic E-state index is 12.5. The standard InChI is InChI=1S/C12H5F6N3O5S/c13-11(14,15)9(22)6(10(23)12(16,17)18)4-19-8-3-5(21(24)25)1-2-7(8)20-27-26/h1-4,22H.